The second-order valence-corrected chi connectivity index (χ2v) is 5.63. The molecule has 0 spiro atoms. The lowest BCUT2D eigenvalue weighted by Gasteiger charge is -2.24. The summed E-state index contributed by atoms with van der Waals surface area (Å²) in [6.45, 7) is 7.42. The van der Waals surface area contributed by atoms with Crippen LogP contribution < -0.4 is 10.6 Å². The zero-order valence-electron chi connectivity index (χ0n) is 13.1. The Balaban J connectivity index is 2.69. The van der Waals surface area contributed by atoms with Gasteiger partial charge in [-0.15, -0.1) is 0 Å². The van der Waals surface area contributed by atoms with Gasteiger partial charge in [0.25, 0.3) is 0 Å². The summed E-state index contributed by atoms with van der Waals surface area (Å²) >= 11 is 0. The number of carboxylic acid groups (broad SMARTS) is 1. The summed E-state index contributed by atoms with van der Waals surface area (Å²) in [6, 6.07) is 7.62. The van der Waals surface area contributed by atoms with Crippen LogP contribution in [0, 0.1) is 0 Å². The molecule has 1 aromatic carbocycles. The number of hydrogen-bond donors (Lipinski definition) is 3. The zero-order chi connectivity index (χ0) is 16.0. The molecule has 0 bridgehead atoms. The van der Waals surface area contributed by atoms with Crippen molar-refractivity contribution in [2.24, 2.45) is 0 Å². The van der Waals surface area contributed by atoms with Crippen molar-refractivity contribution < 1.29 is 14.7 Å². The maximum atomic E-state index is 12.0. The molecule has 1 amide bonds. The predicted octanol–water partition coefficient (Wildman–Crippen LogP) is 2.59. The van der Waals surface area contributed by atoms with E-state index in [0.29, 0.717) is 12.3 Å². The lowest BCUT2D eigenvalue weighted by Crippen LogP contribution is -2.51. The summed E-state index contributed by atoms with van der Waals surface area (Å²) in [5.41, 5.74) is 0.740. The summed E-state index contributed by atoms with van der Waals surface area (Å²) in [5, 5.41) is 14.8. The standard InChI is InChI=1S/C16H24N2O3/c1-5-16(4,15(20)21)17-10-14(19)18-13-9-7-6-8-12(13)11(2)3/h6-9,11,17H,5,10H2,1-4H3,(H,18,19)(H,20,21). The van der Waals surface area contributed by atoms with Crippen LogP contribution in [0.25, 0.3) is 0 Å². The van der Waals surface area contributed by atoms with E-state index in [2.05, 4.69) is 24.5 Å². The molecule has 0 radical (unpaired) electrons. The van der Waals surface area contributed by atoms with Crippen molar-refractivity contribution in [2.45, 2.75) is 45.6 Å². The first kappa shape index (κ1) is 17.2. The van der Waals surface area contributed by atoms with E-state index in [-0.39, 0.29) is 12.5 Å². The second-order valence-electron chi connectivity index (χ2n) is 5.63. The second kappa shape index (κ2) is 7.22. The molecule has 3 N–H and O–H groups in total. The zero-order valence-corrected chi connectivity index (χ0v) is 13.1. The lowest BCUT2D eigenvalue weighted by molar-refractivity contribution is -0.144. The van der Waals surface area contributed by atoms with Crippen LogP contribution in [0.4, 0.5) is 5.69 Å². The van der Waals surface area contributed by atoms with E-state index < -0.39 is 11.5 Å². The molecule has 0 heterocycles. The Labute approximate surface area is 125 Å². The van der Waals surface area contributed by atoms with Crippen LogP contribution in [-0.4, -0.2) is 29.1 Å². The molecule has 5 nitrogen and oxygen atoms in total. The van der Waals surface area contributed by atoms with Gasteiger partial charge in [-0.2, -0.15) is 0 Å². The number of nitrogens with one attached hydrogen (secondary N) is 2. The van der Waals surface area contributed by atoms with Crippen molar-refractivity contribution in [3.8, 4) is 0 Å². The Bertz CT molecular complexity index is 514. The van der Waals surface area contributed by atoms with E-state index in [0.717, 1.165) is 11.3 Å². The minimum absolute atomic E-state index is 0.0386. The summed E-state index contributed by atoms with van der Waals surface area (Å²) in [7, 11) is 0. The predicted molar refractivity (Wildman–Crippen MR) is 83.5 cm³/mol. The first-order valence-electron chi connectivity index (χ1n) is 7.17. The van der Waals surface area contributed by atoms with E-state index in [1.54, 1.807) is 13.8 Å². The summed E-state index contributed by atoms with van der Waals surface area (Å²) in [5.74, 6) is -0.904. The van der Waals surface area contributed by atoms with Crippen LogP contribution in [0.1, 0.15) is 45.6 Å². The number of amides is 1. The Hall–Kier alpha value is -1.88. The molecule has 5 heteroatoms. The summed E-state index contributed by atoms with van der Waals surface area (Å²) < 4.78 is 0. The minimum Gasteiger partial charge on any atom is -0.480 e. The van der Waals surface area contributed by atoms with Crippen LogP contribution in [0.2, 0.25) is 0 Å². The fraction of sp³-hybridized carbons (Fsp3) is 0.500. The third-order valence-electron chi connectivity index (χ3n) is 3.68. The van der Waals surface area contributed by atoms with Crippen molar-refractivity contribution >= 4 is 17.6 Å². The number of aliphatic carboxylic acids is 1. The number of carbonyl (C=O) groups is 2. The fourth-order valence-electron chi connectivity index (χ4n) is 1.94. The molecule has 1 atom stereocenters. The Morgan fingerprint density at radius 1 is 1.29 bits per heavy atom. The van der Waals surface area contributed by atoms with Gasteiger partial charge in [0.05, 0.1) is 6.54 Å². The average molecular weight is 292 g/mol. The number of carbonyl (C=O) groups excluding carboxylic acids is 1. The number of carboxylic acids is 1. The van der Waals surface area contributed by atoms with E-state index >= 15 is 0 Å². The highest BCUT2D eigenvalue weighted by Gasteiger charge is 2.30. The van der Waals surface area contributed by atoms with Crippen LogP contribution in [0.5, 0.6) is 0 Å². The largest absolute Gasteiger partial charge is 0.480 e. The third-order valence-corrected chi connectivity index (χ3v) is 3.68. The third kappa shape index (κ3) is 4.56. The molecule has 21 heavy (non-hydrogen) atoms. The van der Waals surface area contributed by atoms with Gasteiger partial charge < -0.3 is 10.4 Å². The molecule has 1 unspecified atom stereocenters. The Kier molecular flexibility index (Phi) is 5.90. The Morgan fingerprint density at radius 2 is 1.90 bits per heavy atom. The van der Waals surface area contributed by atoms with Crippen LogP contribution >= 0.6 is 0 Å². The first-order chi connectivity index (χ1) is 9.80. The fourth-order valence-corrected chi connectivity index (χ4v) is 1.94. The van der Waals surface area contributed by atoms with Gasteiger partial charge in [0.2, 0.25) is 5.91 Å². The van der Waals surface area contributed by atoms with Crippen molar-refractivity contribution in [3.05, 3.63) is 29.8 Å². The van der Waals surface area contributed by atoms with Crippen LogP contribution in [0.15, 0.2) is 24.3 Å². The molecule has 116 valence electrons. The van der Waals surface area contributed by atoms with Gasteiger partial charge in [0.1, 0.15) is 5.54 Å². The van der Waals surface area contributed by atoms with Gasteiger partial charge in [-0.1, -0.05) is 39.0 Å². The topological polar surface area (TPSA) is 78.4 Å². The SMILES string of the molecule is CCC(C)(NCC(=O)Nc1ccccc1C(C)C)C(=O)O. The van der Waals surface area contributed by atoms with Crippen LogP contribution in [0.3, 0.4) is 0 Å². The molecule has 1 rings (SSSR count). The van der Waals surface area contributed by atoms with Crippen molar-refractivity contribution in [1.29, 1.82) is 0 Å². The smallest absolute Gasteiger partial charge is 0.323 e. The van der Waals surface area contributed by atoms with E-state index in [4.69, 9.17) is 5.11 Å². The average Bonchev–Trinajstić information content (AvgIpc) is 2.44. The first-order valence-corrected chi connectivity index (χ1v) is 7.17. The maximum absolute atomic E-state index is 12.0. The number of rotatable bonds is 7. The normalized spacial score (nSPS) is 13.8. The van der Waals surface area contributed by atoms with Gasteiger partial charge in [-0.25, -0.2) is 0 Å². The number of anilines is 1. The molecule has 0 saturated carbocycles. The number of benzene rings is 1. The molecule has 0 aliphatic heterocycles. The molecular formula is C16H24N2O3. The summed E-state index contributed by atoms with van der Waals surface area (Å²) in [6.07, 6.45) is 0.401. The highest BCUT2D eigenvalue weighted by Crippen LogP contribution is 2.23. The summed E-state index contributed by atoms with van der Waals surface area (Å²) in [4.78, 5) is 23.2. The van der Waals surface area contributed by atoms with Gasteiger partial charge in [0, 0.05) is 5.69 Å². The molecular weight excluding hydrogens is 268 g/mol. The van der Waals surface area contributed by atoms with Crippen molar-refractivity contribution in [3.63, 3.8) is 0 Å². The quantitative estimate of drug-likeness (QED) is 0.722. The minimum atomic E-state index is -1.09. The molecule has 0 aromatic heterocycles. The molecule has 0 fully saturated rings. The van der Waals surface area contributed by atoms with Crippen molar-refractivity contribution in [1.82, 2.24) is 5.32 Å². The highest BCUT2D eigenvalue weighted by atomic mass is 16.4. The van der Waals surface area contributed by atoms with Gasteiger partial charge in [0.15, 0.2) is 0 Å². The van der Waals surface area contributed by atoms with Gasteiger partial charge in [-0.05, 0) is 30.9 Å². The molecule has 1 aromatic rings. The number of hydrogen-bond acceptors (Lipinski definition) is 3. The number of para-hydroxylation sites is 1. The van der Waals surface area contributed by atoms with E-state index in [1.165, 1.54) is 0 Å². The molecule has 0 aliphatic carbocycles. The van der Waals surface area contributed by atoms with Crippen LogP contribution in [-0.2, 0) is 9.59 Å². The van der Waals surface area contributed by atoms with Gasteiger partial charge in [-0.3, -0.25) is 14.9 Å². The molecule has 0 aliphatic rings. The van der Waals surface area contributed by atoms with E-state index in [9.17, 15) is 9.59 Å². The highest BCUT2D eigenvalue weighted by molar-refractivity contribution is 5.93. The van der Waals surface area contributed by atoms with Gasteiger partial charge >= 0.3 is 5.97 Å². The Morgan fingerprint density at radius 3 is 2.43 bits per heavy atom. The monoisotopic (exact) mass is 292 g/mol. The maximum Gasteiger partial charge on any atom is 0.323 e. The van der Waals surface area contributed by atoms with Crippen molar-refractivity contribution in [2.75, 3.05) is 11.9 Å². The lowest BCUT2D eigenvalue weighted by atomic mass is 9.99. The van der Waals surface area contributed by atoms with E-state index in [1.807, 2.05) is 24.3 Å². The molecule has 0 saturated heterocycles.